The van der Waals surface area contributed by atoms with Crippen molar-refractivity contribution in [1.82, 2.24) is 9.80 Å². The number of ether oxygens (including phenoxy) is 1. The molecule has 2 amide bonds. The number of carbonyl (C=O) groups is 2. The second kappa shape index (κ2) is 18.1. The Balaban J connectivity index is 1.91. The molecule has 0 saturated carbocycles. The highest BCUT2D eigenvalue weighted by Gasteiger charge is 2.22. The van der Waals surface area contributed by atoms with E-state index in [1.165, 1.54) is 55.4 Å². The first kappa shape index (κ1) is 30.0. The number of unbranched alkanes of at least 4 members (excludes halogenated alkanes) is 8. The van der Waals surface area contributed by atoms with Gasteiger partial charge in [-0.25, -0.2) is 0 Å². The van der Waals surface area contributed by atoms with Crippen LogP contribution in [0.25, 0.3) is 0 Å². The number of thiophene rings is 1. The summed E-state index contributed by atoms with van der Waals surface area (Å²) in [5, 5.41) is 2.06. The molecule has 1 aromatic carbocycles. The second-order valence-electron chi connectivity index (χ2n) is 9.65. The highest BCUT2D eigenvalue weighted by Crippen LogP contribution is 2.20. The first-order valence-corrected chi connectivity index (χ1v) is 14.5. The van der Waals surface area contributed by atoms with Gasteiger partial charge in [0.15, 0.2) is 0 Å². The predicted molar refractivity (Wildman–Crippen MR) is 150 cm³/mol. The van der Waals surface area contributed by atoms with Crippen molar-refractivity contribution >= 4 is 23.2 Å². The summed E-state index contributed by atoms with van der Waals surface area (Å²) in [5.41, 5.74) is 2.29. The molecule has 200 valence electrons. The fraction of sp³-hybridized carbons (Fsp3) is 0.600. The highest BCUT2D eigenvalue weighted by molar-refractivity contribution is 7.10. The number of benzene rings is 1. The molecule has 0 atom stereocenters. The zero-order valence-electron chi connectivity index (χ0n) is 22.7. The molecule has 0 radical (unpaired) electrons. The Labute approximate surface area is 222 Å². The van der Waals surface area contributed by atoms with Gasteiger partial charge in [-0.1, -0.05) is 88.6 Å². The summed E-state index contributed by atoms with van der Waals surface area (Å²) in [6, 6.07) is 12.1. The van der Waals surface area contributed by atoms with E-state index in [-0.39, 0.29) is 18.4 Å². The quantitative estimate of drug-likeness (QED) is 0.190. The van der Waals surface area contributed by atoms with Crippen LogP contribution in [0.1, 0.15) is 87.1 Å². The van der Waals surface area contributed by atoms with Gasteiger partial charge in [-0.15, -0.1) is 11.3 Å². The lowest BCUT2D eigenvalue weighted by molar-refractivity contribution is -0.141. The molecule has 0 aliphatic rings. The standard InChI is InChI=1S/C30H46N2O3S/c1-4-5-6-7-8-9-10-11-15-18-29(33)31(20-21-35-3)25-30(34)32(23-27-16-13-12-14-17-27)24-28-26(2)19-22-36-28/h12-14,16-17,19,22H,4-11,15,18,20-21,23-25H2,1-3H3. The zero-order valence-corrected chi connectivity index (χ0v) is 23.5. The molecular weight excluding hydrogens is 468 g/mol. The molecule has 0 saturated heterocycles. The van der Waals surface area contributed by atoms with Crippen LogP contribution in [0.3, 0.4) is 0 Å². The van der Waals surface area contributed by atoms with Gasteiger partial charge in [-0.2, -0.15) is 0 Å². The summed E-state index contributed by atoms with van der Waals surface area (Å²) in [7, 11) is 1.63. The van der Waals surface area contributed by atoms with Gasteiger partial charge in [-0.3, -0.25) is 9.59 Å². The molecule has 0 aliphatic heterocycles. The minimum Gasteiger partial charge on any atom is -0.383 e. The molecule has 5 nitrogen and oxygen atoms in total. The van der Waals surface area contributed by atoms with Crippen molar-refractivity contribution in [3.05, 3.63) is 57.8 Å². The topological polar surface area (TPSA) is 49.9 Å². The van der Waals surface area contributed by atoms with Gasteiger partial charge < -0.3 is 14.5 Å². The Hall–Kier alpha value is -2.18. The second-order valence-corrected chi connectivity index (χ2v) is 10.6. The molecule has 2 aromatic rings. The maximum absolute atomic E-state index is 13.5. The number of amides is 2. The van der Waals surface area contributed by atoms with Crippen molar-refractivity contribution in [3.8, 4) is 0 Å². The summed E-state index contributed by atoms with van der Waals surface area (Å²) < 4.78 is 5.24. The molecule has 0 aliphatic carbocycles. The number of hydrogen-bond donors (Lipinski definition) is 0. The van der Waals surface area contributed by atoms with Gasteiger partial charge in [-0.05, 0) is 35.9 Å². The van der Waals surface area contributed by atoms with Crippen LogP contribution in [0.2, 0.25) is 0 Å². The summed E-state index contributed by atoms with van der Waals surface area (Å²) in [6.45, 7) is 6.37. The van der Waals surface area contributed by atoms with E-state index in [2.05, 4.69) is 25.3 Å². The summed E-state index contributed by atoms with van der Waals surface area (Å²) >= 11 is 1.67. The van der Waals surface area contributed by atoms with Gasteiger partial charge in [0.25, 0.3) is 0 Å². The van der Waals surface area contributed by atoms with E-state index >= 15 is 0 Å². The average molecular weight is 515 g/mol. The van der Waals surface area contributed by atoms with Crippen molar-refractivity contribution in [1.29, 1.82) is 0 Å². The Morgan fingerprint density at radius 2 is 1.50 bits per heavy atom. The normalized spacial score (nSPS) is 11.0. The third-order valence-corrected chi connectivity index (χ3v) is 7.62. The van der Waals surface area contributed by atoms with Crippen molar-refractivity contribution in [2.45, 2.75) is 91.1 Å². The van der Waals surface area contributed by atoms with Crippen molar-refractivity contribution < 1.29 is 14.3 Å². The van der Waals surface area contributed by atoms with Crippen LogP contribution < -0.4 is 0 Å². The van der Waals surface area contributed by atoms with Crippen molar-refractivity contribution in [2.75, 3.05) is 26.8 Å². The van der Waals surface area contributed by atoms with Crippen LogP contribution in [-0.2, 0) is 27.4 Å². The van der Waals surface area contributed by atoms with Gasteiger partial charge in [0.2, 0.25) is 11.8 Å². The van der Waals surface area contributed by atoms with E-state index < -0.39 is 0 Å². The van der Waals surface area contributed by atoms with E-state index in [1.807, 2.05) is 35.2 Å². The van der Waals surface area contributed by atoms with Crippen LogP contribution >= 0.6 is 11.3 Å². The zero-order chi connectivity index (χ0) is 26.0. The fourth-order valence-electron chi connectivity index (χ4n) is 4.28. The van der Waals surface area contributed by atoms with E-state index in [4.69, 9.17) is 4.74 Å². The summed E-state index contributed by atoms with van der Waals surface area (Å²) in [4.78, 5) is 31.3. The number of methoxy groups -OCH3 is 1. The lowest BCUT2D eigenvalue weighted by Crippen LogP contribution is -2.43. The van der Waals surface area contributed by atoms with Crippen LogP contribution in [0.5, 0.6) is 0 Å². The van der Waals surface area contributed by atoms with Crippen LogP contribution in [-0.4, -0.2) is 48.4 Å². The Bertz CT molecular complexity index is 868. The first-order valence-electron chi connectivity index (χ1n) is 13.7. The molecule has 2 rings (SSSR count). The van der Waals surface area contributed by atoms with Gasteiger partial charge >= 0.3 is 0 Å². The molecule has 6 heteroatoms. The molecule has 0 bridgehead atoms. The molecule has 36 heavy (non-hydrogen) atoms. The van der Waals surface area contributed by atoms with Gasteiger partial charge in [0.1, 0.15) is 0 Å². The van der Waals surface area contributed by atoms with Gasteiger partial charge in [0, 0.05) is 31.5 Å². The van der Waals surface area contributed by atoms with Crippen molar-refractivity contribution in [2.24, 2.45) is 0 Å². The van der Waals surface area contributed by atoms with E-state index in [0.29, 0.717) is 32.7 Å². The van der Waals surface area contributed by atoms with Crippen molar-refractivity contribution in [3.63, 3.8) is 0 Å². The number of hydrogen-bond acceptors (Lipinski definition) is 4. The fourth-order valence-corrected chi connectivity index (χ4v) is 5.20. The smallest absolute Gasteiger partial charge is 0.242 e. The molecule has 0 spiro atoms. The molecule has 1 heterocycles. The Morgan fingerprint density at radius 3 is 2.11 bits per heavy atom. The van der Waals surface area contributed by atoms with Crippen LogP contribution in [0.15, 0.2) is 41.8 Å². The number of nitrogens with zero attached hydrogens (tertiary/aromatic N) is 2. The first-order chi connectivity index (χ1) is 17.5. The lowest BCUT2D eigenvalue weighted by atomic mass is 10.1. The highest BCUT2D eigenvalue weighted by atomic mass is 32.1. The Morgan fingerprint density at radius 1 is 0.833 bits per heavy atom. The molecule has 1 aromatic heterocycles. The predicted octanol–water partition coefficient (Wildman–Crippen LogP) is 6.98. The maximum Gasteiger partial charge on any atom is 0.242 e. The number of carbonyl (C=O) groups excluding carboxylic acids is 2. The molecular formula is C30H46N2O3S. The summed E-state index contributed by atoms with van der Waals surface area (Å²) in [6.07, 6.45) is 11.5. The Kier molecular flexibility index (Phi) is 15.1. The maximum atomic E-state index is 13.5. The third kappa shape index (κ3) is 11.7. The van der Waals surface area contributed by atoms with Crippen LogP contribution in [0, 0.1) is 6.92 Å². The van der Waals surface area contributed by atoms with E-state index in [9.17, 15) is 9.59 Å². The minimum atomic E-state index is -0.0248. The third-order valence-electron chi connectivity index (χ3n) is 6.61. The largest absolute Gasteiger partial charge is 0.383 e. The molecule has 0 N–H and O–H groups in total. The van der Waals surface area contributed by atoms with Gasteiger partial charge in [0.05, 0.1) is 19.7 Å². The number of aryl methyl sites for hydroxylation is 1. The number of rotatable bonds is 19. The summed E-state index contributed by atoms with van der Waals surface area (Å²) in [5.74, 6) is 0.0264. The minimum absolute atomic E-state index is 0.0248. The molecule has 0 unspecified atom stereocenters. The van der Waals surface area contributed by atoms with E-state index in [0.717, 1.165) is 18.4 Å². The average Bonchev–Trinajstić information content (AvgIpc) is 3.29. The monoisotopic (exact) mass is 514 g/mol. The van der Waals surface area contributed by atoms with E-state index in [1.54, 1.807) is 23.3 Å². The lowest BCUT2D eigenvalue weighted by Gasteiger charge is -2.28. The molecule has 0 fully saturated rings. The SMILES string of the molecule is CCCCCCCCCCCC(=O)N(CCOC)CC(=O)N(Cc1ccccc1)Cc1sccc1C. The van der Waals surface area contributed by atoms with Crippen LogP contribution in [0.4, 0.5) is 0 Å².